The summed E-state index contributed by atoms with van der Waals surface area (Å²) in [6.45, 7) is 0. The van der Waals surface area contributed by atoms with Crippen LogP contribution in [0.4, 0.5) is 20.2 Å². The van der Waals surface area contributed by atoms with Gasteiger partial charge in [-0.2, -0.15) is 0 Å². The smallest absolute Gasteiger partial charge is 0.337 e. The molecule has 0 atom stereocenters. The number of amides is 2. The first-order chi connectivity index (χ1) is 16.1. The Balaban J connectivity index is 1.88. The van der Waals surface area contributed by atoms with Crippen LogP contribution in [-0.4, -0.2) is 41.1 Å². The molecule has 0 spiro atoms. The number of carbonyl (C=O) groups is 4. The van der Waals surface area contributed by atoms with Crippen LogP contribution in [0.15, 0.2) is 54.6 Å². The Labute approximate surface area is 190 Å². The Morgan fingerprint density at radius 1 is 0.706 bits per heavy atom. The van der Waals surface area contributed by atoms with Crippen molar-refractivity contribution in [1.29, 1.82) is 0 Å². The number of benzene rings is 3. The minimum atomic E-state index is -1.38. The number of carboxylic acid groups (broad SMARTS) is 2. The predicted octanol–water partition coefficient (Wildman–Crippen LogP) is 3.87. The molecular weight excluding hydrogens is 454 g/mol. The van der Waals surface area contributed by atoms with Gasteiger partial charge in [0.15, 0.2) is 0 Å². The van der Waals surface area contributed by atoms with Gasteiger partial charge in [-0.05, 0) is 54.6 Å². The lowest BCUT2D eigenvalue weighted by Gasteiger charge is -2.13. The van der Waals surface area contributed by atoms with Gasteiger partial charge >= 0.3 is 11.9 Å². The first-order valence-electron chi connectivity index (χ1n) is 9.47. The monoisotopic (exact) mass is 470 g/mol. The summed E-state index contributed by atoms with van der Waals surface area (Å²) >= 11 is 0. The summed E-state index contributed by atoms with van der Waals surface area (Å²) in [6.07, 6.45) is 0. The highest BCUT2D eigenvalue weighted by atomic mass is 19.1. The molecule has 0 saturated heterocycles. The van der Waals surface area contributed by atoms with E-state index < -0.39 is 35.4 Å². The molecule has 0 aliphatic heterocycles. The van der Waals surface area contributed by atoms with Crippen molar-refractivity contribution >= 4 is 35.1 Å². The molecule has 3 aromatic rings. The van der Waals surface area contributed by atoms with Crippen LogP contribution >= 0.6 is 0 Å². The molecule has 3 rings (SSSR count). The SMILES string of the molecule is COc1cc(C(=O)Nc2cc(F)ccc2C(=O)O)ccc1C(=O)Nc1cc(F)ccc1C(=O)O. The van der Waals surface area contributed by atoms with Gasteiger partial charge in [0.1, 0.15) is 17.4 Å². The normalized spacial score (nSPS) is 10.3. The number of ether oxygens (including phenoxy) is 1. The fraction of sp³-hybridized carbons (Fsp3) is 0.0435. The zero-order valence-electron chi connectivity index (χ0n) is 17.4. The molecule has 0 aliphatic rings. The number of rotatable bonds is 7. The van der Waals surface area contributed by atoms with Crippen molar-refractivity contribution in [1.82, 2.24) is 0 Å². The Kier molecular flexibility index (Phi) is 6.86. The third-order valence-corrected chi connectivity index (χ3v) is 4.63. The number of hydrogen-bond donors (Lipinski definition) is 4. The summed E-state index contributed by atoms with van der Waals surface area (Å²) in [4.78, 5) is 47.9. The standard InChI is InChI=1S/C23H16F2N2O7/c1-34-19-8-11(20(28)26-17-9-12(24)3-6-14(17)22(30)31)2-5-16(19)21(29)27-18-10-13(25)4-7-15(18)23(32)33/h2-10H,1H3,(H,26,28)(H,27,29)(H,30,31)(H,32,33). The van der Waals surface area contributed by atoms with Gasteiger partial charge in [0, 0.05) is 5.56 Å². The molecule has 3 aromatic carbocycles. The van der Waals surface area contributed by atoms with Crippen LogP contribution in [0.3, 0.4) is 0 Å². The van der Waals surface area contributed by atoms with Gasteiger partial charge in [0.25, 0.3) is 11.8 Å². The Hall–Kier alpha value is -4.80. The topological polar surface area (TPSA) is 142 Å². The maximum Gasteiger partial charge on any atom is 0.337 e. The molecule has 2 amide bonds. The van der Waals surface area contributed by atoms with Gasteiger partial charge in [0.2, 0.25) is 0 Å². The average molecular weight is 470 g/mol. The lowest BCUT2D eigenvalue weighted by Crippen LogP contribution is -2.18. The van der Waals surface area contributed by atoms with Crippen molar-refractivity contribution in [3.63, 3.8) is 0 Å². The van der Waals surface area contributed by atoms with E-state index in [1.165, 1.54) is 25.3 Å². The molecule has 0 saturated carbocycles. The van der Waals surface area contributed by atoms with Crippen LogP contribution in [0.1, 0.15) is 41.4 Å². The van der Waals surface area contributed by atoms with E-state index >= 15 is 0 Å². The van der Waals surface area contributed by atoms with E-state index in [1.54, 1.807) is 0 Å². The lowest BCUT2D eigenvalue weighted by atomic mass is 10.1. The molecule has 0 heterocycles. The Morgan fingerprint density at radius 3 is 1.65 bits per heavy atom. The number of methoxy groups -OCH3 is 1. The first kappa shape index (κ1) is 23.9. The molecule has 4 N–H and O–H groups in total. The maximum atomic E-state index is 13.6. The lowest BCUT2D eigenvalue weighted by molar-refractivity contribution is 0.0686. The first-order valence-corrected chi connectivity index (χ1v) is 9.47. The summed E-state index contributed by atoms with van der Waals surface area (Å²) < 4.78 is 32.2. The largest absolute Gasteiger partial charge is 0.496 e. The summed E-state index contributed by atoms with van der Waals surface area (Å²) in [5.74, 6) is -6.02. The van der Waals surface area contributed by atoms with E-state index in [-0.39, 0.29) is 39.4 Å². The van der Waals surface area contributed by atoms with Crippen molar-refractivity contribution in [2.75, 3.05) is 17.7 Å². The van der Waals surface area contributed by atoms with Crippen LogP contribution < -0.4 is 15.4 Å². The second-order valence-corrected chi connectivity index (χ2v) is 6.81. The third kappa shape index (κ3) is 5.15. The maximum absolute atomic E-state index is 13.6. The number of halogens is 2. The van der Waals surface area contributed by atoms with Gasteiger partial charge in [-0.1, -0.05) is 0 Å². The molecule has 174 valence electrons. The Bertz CT molecular complexity index is 1320. The molecule has 0 bridgehead atoms. The van der Waals surface area contributed by atoms with Crippen molar-refractivity contribution in [2.45, 2.75) is 0 Å². The van der Waals surface area contributed by atoms with Gasteiger partial charge in [-0.25, -0.2) is 18.4 Å². The zero-order chi connectivity index (χ0) is 25.0. The fourth-order valence-corrected chi connectivity index (χ4v) is 3.02. The highest BCUT2D eigenvalue weighted by Gasteiger charge is 2.20. The summed E-state index contributed by atoms with van der Waals surface area (Å²) in [7, 11) is 1.22. The Morgan fingerprint density at radius 2 is 1.18 bits per heavy atom. The van der Waals surface area contributed by atoms with E-state index in [0.29, 0.717) is 0 Å². The summed E-state index contributed by atoms with van der Waals surface area (Å²) in [5, 5.41) is 23.0. The van der Waals surface area contributed by atoms with Crippen molar-refractivity contribution < 1.29 is 42.9 Å². The number of aromatic carboxylic acids is 2. The third-order valence-electron chi connectivity index (χ3n) is 4.63. The van der Waals surface area contributed by atoms with E-state index in [9.17, 15) is 38.2 Å². The second-order valence-electron chi connectivity index (χ2n) is 6.81. The highest BCUT2D eigenvalue weighted by Crippen LogP contribution is 2.25. The van der Waals surface area contributed by atoms with Crippen LogP contribution in [-0.2, 0) is 0 Å². The molecular formula is C23H16F2N2O7. The van der Waals surface area contributed by atoms with Gasteiger partial charge < -0.3 is 25.6 Å². The molecule has 9 nitrogen and oxygen atoms in total. The number of carbonyl (C=O) groups excluding carboxylic acids is 2. The molecule has 34 heavy (non-hydrogen) atoms. The minimum absolute atomic E-state index is 0.0500. The van der Waals surface area contributed by atoms with Crippen molar-refractivity contribution in [3.8, 4) is 5.75 Å². The van der Waals surface area contributed by atoms with Crippen LogP contribution in [0.2, 0.25) is 0 Å². The number of nitrogens with one attached hydrogen (secondary N) is 2. The van der Waals surface area contributed by atoms with Gasteiger partial charge in [-0.15, -0.1) is 0 Å². The van der Waals surface area contributed by atoms with E-state index in [1.807, 2.05) is 0 Å². The summed E-state index contributed by atoms with van der Waals surface area (Å²) in [6, 6.07) is 9.14. The quantitative estimate of drug-likeness (QED) is 0.411. The summed E-state index contributed by atoms with van der Waals surface area (Å²) in [5.41, 5.74) is -1.38. The van der Waals surface area contributed by atoms with E-state index in [4.69, 9.17) is 4.74 Å². The minimum Gasteiger partial charge on any atom is -0.496 e. The van der Waals surface area contributed by atoms with E-state index in [0.717, 1.165) is 36.4 Å². The molecule has 0 aromatic heterocycles. The van der Waals surface area contributed by atoms with Crippen LogP contribution in [0.25, 0.3) is 0 Å². The van der Waals surface area contributed by atoms with Gasteiger partial charge in [-0.3, -0.25) is 9.59 Å². The van der Waals surface area contributed by atoms with Gasteiger partial charge in [0.05, 0.1) is 35.2 Å². The molecule has 0 radical (unpaired) electrons. The van der Waals surface area contributed by atoms with Crippen molar-refractivity contribution in [2.24, 2.45) is 0 Å². The predicted molar refractivity (Wildman–Crippen MR) is 116 cm³/mol. The molecule has 11 heteroatoms. The molecule has 0 aliphatic carbocycles. The number of anilines is 2. The van der Waals surface area contributed by atoms with Crippen LogP contribution in [0, 0.1) is 11.6 Å². The highest BCUT2D eigenvalue weighted by molar-refractivity contribution is 6.11. The molecule has 0 unspecified atom stereocenters. The van der Waals surface area contributed by atoms with Crippen molar-refractivity contribution in [3.05, 3.63) is 88.5 Å². The average Bonchev–Trinajstić information content (AvgIpc) is 2.78. The fourth-order valence-electron chi connectivity index (χ4n) is 3.02. The molecule has 0 fully saturated rings. The van der Waals surface area contributed by atoms with Crippen LogP contribution in [0.5, 0.6) is 5.75 Å². The number of hydrogen-bond acceptors (Lipinski definition) is 5. The number of carboxylic acids is 2. The second kappa shape index (κ2) is 9.77. The zero-order valence-corrected chi connectivity index (χ0v) is 17.4. The van der Waals surface area contributed by atoms with E-state index in [2.05, 4.69) is 10.6 Å².